The van der Waals surface area contributed by atoms with E-state index in [-0.39, 0.29) is 29.7 Å². The van der Waals surface area contributed by atoms with Gasteiger partial charge in [0.1, 0.15) is 0 Å². The molecule has 0 radical (unpaired) electrons. The van der Waals surface area contributed by atoms with Crippen LogP contribution in [0.3, 0.4) is 0 Å². The van der Waals surface area contributed by atoms with Crippen LogP contribution in [0.25, 0.3) is 0 Å². The molecule has 3 N–H and O–H groups in total. The number of carbonyl (C=O) groups is 2. The number of amides is 2. The molecule has 1 saturated carbocycles. The van der Waals surface area contributed by atoms with Gasteiger partial charge in [0.2, 0.25) is 11.8 Å². The van der Waals surface area contributed by atoms with Gasteiger partial charge in [-0.05, 0) is 38.0 Å². The van der Waals surface area contributed by atoms with Gasteiger partial charge in [-0.2, -0.15) is 0 Å². The second-order valence-electron chi connectivity index (χ2n) is 6.39. The van der Waals surface area contributed by atoms with E-state index >= 15 is 0 Å². The van der Waals surface area contributed by atoms with Crippen molar-refractivity contribution in [2.45, 2.75) is 45.1 Å². The SMILES string of the molecule is CNC(=O)C1CCCN(C(=O)C2CCC(N)CC2C)C1. The largest absolute Gasteiger partial charge is 0.359 e. The first-order valence-corrected chi connectivity index (χ1v) is 7.79. The quantitative estimate of drug-likeness (QED) is 0.783. The number of nitrogens with two attached hydrogens (primary N) is 1. The van der Waals surface area contributed by atoms with Gasteiger partial charge < -0.3 is 16.0 Å². The molecule has 5 nitrogen and oxygen atoms in total. The Kier molecular flexibility index (Phi) is 5.02. The van der Waals surface area contributed by atoms with Crippen molar-refractivity contribution in [2.75, 3.05) is 20.1 Å². The Morgan fingerprint density at radius 1 is 1.25 bits per heavy atom. The van der Waals surface area contributed by atoms with E-state index in [1.54, 1.807) is 7.05 Å². The van der Waals surface area contributed by atoms with Crippen molar-refractivity contribution in [1.82, 2.24) is 10.2 Å². The Labute approximate surface area is 121 Å². The zero-order valence-corrected chi connectivity index (χ0v) is 12.6. The molecule has 2 aliphatic rings. The topological polar surface area (TPSA) is 75.4 Å². The number of hydrogen-bond acceptors (Lipinski definition) is 3. The van der Waals surface area contributed by atoms with Crippen molar-refractivity contribution in [1.29, 1.82) is 0 Å². The molecular formula is C15H27N3O2. The van der Waals surface area contributed by atoms with E-state index in [0.29, 0.717) is 12.5 Å². The Balaban J connectivity index is 1.96. The van der Waals surface area contributed by atoms with E-state index in [1.165, 1.54) is 0 Å². The van der Waals surface area contributed by atoms with Crippen LogP contribution in [-0.2, 0) is 9.59 Å². The molecule has 0 aromatic carbocycles. The zero-order valence-electron chi connectivity index (χ0n) is 12.6. The molecule has 2 rings (SSSR count). The minimum Gasteiger partial charge on any atom is -0.359 e. The van der Waals surface area contributed by atoms with Crippen LogP contribution in [0.1, 0.15) is 39.0 Å². The highest BCUT2D eigenvalue weighted by molar-refractivity contribution is 5.82. The van der Waals surface area contributed by atoms with Gasteiger partial charge in [-0.3, -0.25) is 9.59 Å². The second-order valence-corrected chi connectivity index (χ2v) is 6.39. The highest BCUT2D eigenvalue weighted by atomic mass is 16.2. The highest BCUT2D eigenvalue weighted by Crippen LogP contribution is 2.31. The molecule has 0 aromatic rings. The molecule has 1 saturated heterocycles. The van der Waals surface area contributed by atoms with E-state index < -0.39 is 0 Å². The number of nitrogens with zero attached hydrogens (tertiary/aromatic N) is 1. The molecule has 4 atom stereocenters. The van der Waals surface area contributed by atoms with E-state index in [9.17, 15) is 9.59 Å². The van der Waals surface area contributed by atoms with E-state index in [1.807, 2.05) is 4.90 Å². The van der Waals surface area contributed by atoms with Gasteiger partial charge in [0.05, 0.1) is 5.92 Å². The lowest BCUT2D eigenvalue weighted by Crippen LogP contribution is -2.49. The van der Waals surface area contributed by atoms with Gasteiger partial charge in [-0.1, -0.05) is 6.92 Å². The Morgan fingerprint density at radius 2 is 2.00 bits per heavy atom. The molecule has 0 spiro atoms. The van der Waals surface area contributed by atoms with Gasteiger partial charge >= 0.3 is 0 Å². The fraction of sp³-hybridized carbons (Fsp3) is 0.867. The molecule has 1 aliphatic carbocycles. The maximum absolute atomic E-state index is 12.7. The average molecular weight is 281 g/mol. The van der Waals surface area contributed by atoms with Crippen LogP contribution in [0.5, 0.6) is 0 Å². The molecule has 20 heavy (non-hydrogen) atoms. The average Bonchev–Trinajstić information content (AvgIpc) is 2.46. The lowest BCUT2D eigenvalue weighted by Gasteiger charge is -2.38. The predicted octanol–water partition coefficient (Wildman–Crippen LogP) is 0.735. The monoisotopic (exact) mass is 281 g/mol. The minimum absolute atomic E-state index is 0.0427. The van der Waals surface area contributed by atoms with Gasteiger partial charge in [-0.15, -0.1) is 0 Å². The summed E-state index contributed by atoms with van der Waals surface area (Å²) in [4.78, 5) is 26.3. The molecule has 0 aromatic heterocycles. The van der Waals surface area contributed by atoms with Crippen molar-refractivity contribution in [3.63, 3.8) is 0 Å². The summed E-state index contributed by atoms with van der Waals surface area (Å²) in [5, 5.41) is 2.69. The summed E-state index contributed by atoms with van der Waals surface area (Å²) in [6, 6.07) is 0.244. The predicted molar refractivity (Wildman–Crippen MR) is 77.9 cm³/mol. The normalized spacial score (nSPS) is 34.6. The van der Waals surface area contributed by atoms with Crippen LogP contribution in [0, 0.1) is 17.8 Å². The molecule has 2 amide bonds. The summed E-state index contributed by atoms with van der Waals surface area (Å²) in [5.41, 5.74) is 5.97. The van der Waals surface area contributed by atoms with Gasteiger partial charge in [0.25, 0.3) is 0 Å². The summed E-state index contributed by atoms with van der Waals surface area (Å²) >= 11 is 0. The van der Waals surface area contributed by atoms with Crippen LogP contribution in [-0.4, -0.2) is 42.9 Å². The summed E-state index contributed by atoms with van der Waals surface area (Å²) in [5.74, 6) is 0.697. The molecule has 1 aliphatic heterocycles. The fourth-order valence-corrected chi connectivity index (χ4v) is 3.63. The summed E-state index contributed by atoms with van der Waals surface area (Å²) < 4.78 is 0. The highest BCUT2D eigenvalue weighted by Gasteiger charge is 2.36. The van der Waals surface area contributed by atoms with Crippen LogP contribution in [0.4, 0.5) is 0 Å². The zero-order chi connectivity index (χ0) is 14.7. The van der Waals surface area contributed by atoms with Crippen molar-refractivity contribution in [3.05, 3.63) is 0 Å². The van der Waals surface area contributed by atoms with Crippen molar-refractivity contribution < 1.29 is 9.59 Å². The minimum atomic E-state index is -0.0427. The number of likely N-dealkylation sites (tertiary alicyclic amines) is 1. The molecule has 2 fully saturated rings. The summed E-state index contributed by atoms with van der Waals surface area (Å²) in [6.07, 6.45) is 4.57. The molecule has 5 heteroatoms. The van der Waals surface area contributed by atoms with Crippen molar-refractivity contribution in [3.8, 4) is 0 Å². The van der Waals surface area contributed by atoms with Gasteiger partial charge in [0.15, 0.2) is 0 Å². The third-order valence-corrected chi connectivity index (χ3v) is 4.88. The van der Waals surface area contributed by atoms with Gasteiger partial charge in [0, 0.05) is 32.1 Å². The number of piperidine rings is 1. The Bertz CT molecular complexity index is 372. The fourth-order valence-electron chi connectivity index (χ4n) is 3.63. The maximum Gasteiger partial charge on any atom is 0.225 e. The summed E-state index contributed by atoms with van der Waals surface area (Å²) in [7, 11) is 1.66. The second kappa shape index (κ2) is 6.57. The third kappa shape index (κ3) is 3.32. The van der Waals surface area contributed by atoms with Crippen LogP contribution in [0.2, 0.25) is 0 Å². The van der Waals surface area contributed by atoms with Crippen molar-refractivity contribution in [2.24, 2.45) is 23.5 Å². The van der Waals surface area contributed by atoms with E-state index in [2.05, 4.69) is 12.2 Å². The van der Waals surface area contributed by atoms with E-state index in [0.717, 1.165) is 38.6 Å². The molecule has 0 bridgehead atoms. The van der Waals surface area contributed by atoms with Crippen LogP contribution < -0.4 is 11.1 Å². The third-order valence-electron chi connectivity index (χ3n) is 4.88. The maximum atomic E-state index is 12.7. The van der Waals surface area contributed by atoms with Gasteiger partial charge in [-0.25, -0.2) is 0 Å². The van der Waals surface area contributed by atoms with E-state index in [4.69, 9.17) is 5.73 Å². The number of nitrogens with one attached hydrogen (secondary N) is 1. The first kappa shape index (κ1) is 15.3. The number of carbonyl (C=O) groups excluding carboxylic acids is 2. The van der Waals surface area contributed by atoms with Crippen LogP contribution >= 0.6 is 0 Å². The number of rotatable bonds is 2. The standard InChI is InChI=1S/C15H27N3O2/c1-10-8-12(16)5-6-13(10)15(20)18-7-3-4-11(9-18)14(19)17-2/h10-13H,3-9,16H2,1-2H3,(H,17,19). The lowest BCUT2D eigenvalue weighted by molar-refractivity contribution is -0.141. The summed E-state index contributed by atoms with van der Waals surface area (Å²) in [6.45, 7) is 3.50. The first-order valence-electron chi connectivity index (χ1n) is 7.79. The molecule has 114 valence electrons. The lowest BCUT2D eigenvalue weighted by atomic mass is 9.77. The van der Waals surface area contributed by atoms with Crippen LogP contribution in [0.15, 0.2) is 0 Å². The molecule has 1 heterocycles. The Hall–Kier alpha value is -1.10. The first-order chi connectivity index (χ1) is 9.52. The van der Waals surface area contributed by atoms with Crippen molar-refractivity contribution >= 4 is 11.8 Å². The smallest absolute Gasteiger partial charge is 0.225 e. The Morgan fingerprint density at radius 3 is 2.65 bits per heavy atom. The number of hydrogen-bond donors (Lipinski definition) is 2. The molecular weight excluding hydrogens is 254 g/mol. The molecule has 4 unspecified atom stereocenters.